The number of nitrogens with zero attached hydrogens (tertiary/aromatic N) is 2. The fourth-order valence-corrected chi connectivity index (χ4v) is 3.00. The molecule has 0 radical (unpaired) electrons. The minimum atomic E-state index is -0.406. The Kier molecular flexibility index (Phi) is 2.90. The highest BCUT2D eigenvalue weighted by molar-refractivity contribution is 6.49. The SMILES string of the molecule is CCn1ccnc1C1=C(c2c[nH]c3ccccc23)C(=O)NC1=O. The van der Waals surface area contributed by atoms with Crippen LogP contribution in [0, 0.1) is 0 Å². The standard InChI is InChI=1S/C17H14N4O2/c1-2-21-8-7-18-15(21)14-13(16(22)20-17(14)23)11-9-19-12-6-4-3-5-10(11)12/h3-9,19H,2H2,1H3,(H,20,22,23). The van der Waals surface area contributed by atoms with Gasteiger partial charge in [0.2, 0.25) is 0 Å². The number of carbonyl (C=O) groups is 2. The monoisotopic (exact) mass is 306 g/mol. The van der Waals surface area contributed by atoms with Crippen LogP contribution in [0.25, 0.3) is 22.0 Å². The molecule has 3 heterocycles. The van der Waals surface area contributed by atoms with Crippen LogP contribution in [-0.4, -0.2) is 26.3 Å². The third kappa shape index (κ3) is 1.92. The Morgan fingerprint density at radius 3 is 2.74 bits per heavy atom. The number of hydrogen-bond donors (Lipinski definition) is 2. The number of aromatic amines is 1. The lowest BCUT2D eigenvalue weighted by Gasteiger charge is -2.06. The van der Waals surface area contributed by atoms with E-state index in [-0.39, 0.29) is 5.91 Å². The Labute approximate surface area is 131 Å². The van der Waals surface area contributed by atoms with Gasteiger partial charge in [-0.1, -0.05) is 18.2 Å². The normalized spacial score (nSPS) is 14.8. The van der Waals surface area contributed by atoms with Gasteiger partial charge in [-0.3, -0.25) is 14.9 Å². The molecule has 3 aromatic rings. The molecule has 4 rings (SSSR count). The van der Waals surface area contributed by atoms with Gasteiger partial charge in [0.05, 0.1) is 11.1 Å². The number of H-pyrrole nitrogens is 1. The molecule has 6 heteroatoms. The van der Waals surface area contributed by atoms with E-state index in [1.54, 1.807) is 18.6 Å². The molecule has 0 bridgehead atoms. The summed E-state index contributed by atoms with van der Waals surface area (Å²) in [5.74, 6) is -0.285. The van der Waals surface area contributed by atoms with Crippen LogP contribution in [0.4, 0.5) is 0 Å². The number of rotatable bonds is 3. The maximum Gasteiger partial charge on any atom is 0.262 e. The Morgan fingerprint density at radius 2 is 1.91 bits per heavy atom. The van der Waals surface area contributed by atoms with E-state index >= 15 is 0 Å². The maximum atomic E-state index is 12.4. The third-order valence-corrected chi connectivity index (χ3v) is 4.07. The molecule has 1 aliphatic heterocycles. The summed E-state index contributed by atoms with van der Waals surface area (Å²) in [6.45, 7) is 2.63. The van der Waals surface area contributed by atoms with E-state index in [1.807, 2.05) is 35.8 Å². The van der Waals surface area contributed by atoms with Crippen molar-refractivity contribution < 1.29 is 9.59 Å². The first kappa shape index (κ1) is 13.5. The number of para-hydroxylation sites is 1. The van der Waals surface area contributed by atoms with Gasteiger partial charge < -0.3 is 9.55 Å². The van der Waals surface area contributed by atoms with Gasteiger partial charge in [-0.25, -0.2) is 4.98 Å². The van der Waals surface area contributed by atoms with Gasteiger partial charge in [0.15, 0.2) is 0 Å². The van der Waals surface area contributed by atoms with Crippen LogP contribution in [-0.2, 0) is 16.1 Å². The van der Waals surface area contributed by atoms with Crippen molar-refractivity contribution >= 4 is 33.9 Å². The smallest absolute Gasteiger partial charge is 0.262 e. The highest BCUT2D eigenvalue weighted by Crippen LogP contribution is 2.34. The van der Waals surface area contributed by atoms with Gasteiger partial charge in [0.1, 0.15) is 5.82 Å². The predicted octanol–water partition coefficient (Wildman–Crippen LogP) is 1.95. The second kappa shape index (κ2) is 4.95. The van der Waals surface area contributed by atoms with E-state index < -0.39 is 5.91 Å². The van der Waals surface area contributed by atoms with Crippen molar-refractivity contribution in [3.05, 3.63) is 54.2 Å². The van der Waals surface area contributed by atoms with Gasteiger partial charge >= 0.3 is 0 Å². The molecule has 23 heavy (non-hydrogen) atoms. The summed E-state index contributed by atoms with van der Waals surface area (Å²) in [4.78, 5) is 32.1. The molecule has 6 nitrogen and oxygen atoms in total. The van der Waals surface area contributed by atoms with Crippen LogP contribution < -0.4 is 5.32 Å². The zero-order valence-corrected chi connectivity index (χ0v) is 12.5. The molecule has 0 atom stereocenters. The van der Waals surface area contributed by atoms with E-state index in [9.17, 15) is 9.59 Å². The molecule has 0 saturated heterocycles. The number of fused-ring (bicyclic) bond motifs is 1. The van der Waals surface area contributed by atoms with Crippen LogP contribution >= 0.6 is 0 Å². The summed E-state index contributed by atoms with van der Waals surface area (Å²) in [6, 6.07) is 7.68. The zero-order chi connectivity index (χ0) is 16.0. The minimum absolute atomic E-state index is 0.326. The fourth-order valence-electron chi connectivity index (χ4n) is 3.00. The van der Waals surface area contributed by atoms with Gasteiger partial charge in [0.25, 0.3) is 11.8 Å². The van der Waals surface area contributed by atoms with Crippen molar-refractivity contribution in [3.63, 3.8) is 0 Å². The Hall–Kier alpha value is -3.15. The first-order valence-corrected chi connectivity index (χ1v) is 7.38. The van der Waals surface area contributed by atoms with Gasteiger partial charge in [0, 0.05) is 41.6 Å². The number of aryl methyl sites for hydroxylation is 1. The third-order valence-electron chi connectivity index (χ3n) is 4.07. The highest BCUT2D eigenvalue weighted by atomic mass is 16.2. The van der Waals surface area contributed by atoms with Crippen molar-refractivity contribution in [1.82, 2.24) is 19.9 Å². The summed E-state index contributed by atoms with van der Waals surface area (Å²) in [5, 5.41) is 3.29. The Morgan fingerprint density at radius 1 is 1.13 bits per heavy atom. The number of imidazole rings is 1. The maximum absolute atomic E-state index is 12.4. The Bertz CT molecular complexity index is 977. The van der Waals surface area contributed by atoms with E-state index in [0.717, 1.165) is 10.9 Å². The minimum Gasteiger partial charge on any atom is -0.361 e. The fraction of sp³-hybridized carbons (Fsp3) is 0.118. The van der Waals surface area contributed by atoms with E-state index in [0.29, 0.717) is 29.1 Å². The zero-order valence-electron chi connectivity index (χ0n) is 12.5. The average Bonchev–Trinajstić information content (AvgIpc) is 3.23. The predicted molar refractivity (Wildman–Crippen MR) is 86.2 cm³/mol. The van der Waals surface area contributed by atoms with Crippen molar-refractivity contribution in [1.29, 1.82) is 0 Å². The molecular formula is C17H14N4O2. The van der Waals surface area contributed by atoms with E-state index in [4.69, 9.17) is 0 Å². The molecule has 1 aromatic carbocycles. The molecule has 114 valence electrons. The average molecular weight is 306 g/mol. The molecule has 0 unspecified atom stereocenters. The molecule has 0 aliphatic carbocycles. The lowest BCUT2D eigenvalue weighted by Crippen LogP contribution is -2.23. The van der Waals surface area contributed by atoms with Crippen LogP contribution in [0.1, 0.15) is 18.3 Å². The first-order chi connectivity index (χ1) is 11.2. The van der Waals surface area contributed by atoms with Crippen LogP contribution in [0.15, 0.2) is 42.9 Å². The van der Waals surface area contributed by atoms with Crippen LogP contribution in [0.5, 0.6) is 0 Å². The summed E-state index contributed by atoms with van der Waals surface area (Å²) in [6.07, 6.45) is 5.19. The topological polar surface area (TPSA) is 79.8 Å². The van der Waals surface area contributed by atoms with Crippen LogP contribution in [0.3, 0.4) is 0 Å². The van der Waals surface area contributed by atoms with Gasteiger partial charge in [-0.05, 0) is 13.0 Å². The number of nitrogens with one attached hydrogen (secondary N) is 2. The van der Waals surface area contributed by atoms with Gasteiger partial charge in [-0.2, -0.15) is 0 Å². The molecular weight excluding hydrogens is 292 g/mol. The molecule has 0 fully saturated rings. The van der Waals surface area contributed by atoms with E-state index in [1.165, 1.54) is 0 Å². The number of amides is 2. The van der Waals surface area contributed by atoms with Crippen molar-refractivity contribution in [3.8, 4) is 0 Å². The van der Waals surface area contributed by atoms with Crippen LogP contribution in [0.2, 0.25) is 0 Å². The first-order valence-electron chi connectivity index (χ1n) is 7.38. The van der Waals surface area contributed by atoms with Gasteiger partial charge in [-0.15, -0.1) is 0 Å². The molecule has 2 amide bonds. The molecule has 1 aliphatic rings. The molecule has 0 saturated carbocycles. The summed E-state index contributed by atoms with van der Waals surface area (Å²) in [5.41, 5.74) is 2.32. The quantitative estimate of drug-likeness (QED) is 0.726. The summed E-state index contributed by atoms with van der Waals surface area (Å²) >= 11 is 0. The second-order valence-corrected chi connectivity index (χ2v) is 5.32. The number of benzene rings is 1. The summed E-state index contributed by atoms with van der Waals surface area (Å²) < 4.78 is 1.85. The molecule has 2 aromatic heterocycles. The number of aromatic nitrogens is 3. The van der Waals surface area contributed by atoms with Crippen molar-refractivity contribution in [2.75, 3.05) is 0 Å². The highest BCUT2D eigenvalue weighted by Gasteiger charge is 2.35. The lowest BCUT2D eigenvalue weighted by molar-refractivity contribution is -0.122. The second-order valence-electron chi connectivity index (χ2n) is 5.32. The Balaban J connectivity index is 2.02. The number of carbonyl (C=O) groups excluding carboxylic acids is 2. The summed E-state index contributed by atoms with van der Waals surface area (Å²) in [7, 11) is 0. The number of hydrogen-bond acceptors (Lipinski definition) is 3. The van der Waals surface area contributed by atoms with Crippen molar-refractivity contribution in [2.45, 2.75) is 13.5 Å². The van der Waals surface area contributed by atoms with E-state index in [2.05, 4.69) is 15.3 Å². The van der Waals surface area contributed by atoms with Crippen molar-refractivity contribution in [2.24, 2.45) is 0 Å². The number of imide groups is 1. The molecule has 0 spiro atoms. The molecule has 2 N–H and O–H groups in total. The lowest BCUT2D eigenvalue weighted by atomic mass is 10.0. The largest absolute Gasteiger partial charge is 0.361 e.